The van der Waals surface area contributed by atoms with Gasteiger partial charge in [-0.3, -0.25) is 9.78 Å². The Morgan fingerprint density at radius 2 is 1.81 bits per heavy atom. The zero-order valence-corrected chi connectivity index (χ0v) is 10.9. The number of ketones is 1. The average Bonchev–Trinajstić information content (AvgIpc) is 2.29. The summed E-state index contributed by atoms with van der Waals surface area (Å²) >= 11 is 2.22. The van der Waals surface area contributed by atoms with Crippen molar-refractivity contribution in [2.24, 2.45) is 0 Å². The van der Waals surface area contributed by atoms with Gasteiger partial charge in [0.25, 0.3) is 0 Å². The molecule has 0 N–H and O–H groups in total. The quantitative estimate of drug-likeness (QED) is 0.627. The van der Waals surface area contributed by atoms with Crippen molar-refractivity contribution in [1.29, 1.82) is 0 Å². The summed E-state index contributed by atoms with van der Waals surface area (Å²) < 4.78 is 1.13. The van der Waals surface area contributed by atoms with Crippen molar-refractivity contribution in [3.8, 4) is 0 Å². The highest BCUT2D eigenvalue weighted by atomic mass is 127. The van der Waals surface area contributed by atoms with E-state index in [1.165, 1.54) is 0 Å². The number of hydrogen-bond acceptors (Lipinski definition) is 2. The highest BCUT2D eigenvalue weighted by Gasteiger charge is 2.08. The third-order valence-corrected chi connectivity index (χ3v) is 2.98. The van der Waals surface area contributed by atoms with Gasteiger partial charge in [-0.2, -0.15) is 0 Å². The Hall–Kier alpha value is -1.23. The Balaban J connectivity index is 2.35. The first-order valence-electron chi connectivity index (χ1n) is 4.90. The van der Waals surface area contributed by atoms with Gasteiger partial charge in [-0.1, -0.05) is 0 Å². The van der Waals surface area contributed by atoms with Crippen molar-refractivity contribution in [1.82, 2.24) is 4.98 Å². The predicted octanol–water partition coefficient (Wildman–Crippen LogP) is 3.23. The fourth-order valence-corrected chi connectivity index (χ4v) is 1.81. The van der Waals surface area contributed by atoms with Gasteiger partial charge in [-0.25, -0.2) is 0 Å². The number of pyridine rings is 1. The summed E-state index contributed by atoms with van der Waals surface area (Å²) in [5.41, 5.74) is 2.26. The zero-order valence-electron chi connectivity index (χ0n) is 8.77. The van der Waals surface area contributed by atoms with Crippen LogP contribution in [0.15, 0.2) is 42.6 Å². The van der Waals surface area contributed by atoms with Crippen LogP contribution in [0.4, 0.5) is 0 Å². The molecule has 0 bridgehead atoms. The predicted molar refractivity (Wildman–Crippen MR) is 71.6 cm³/mol. The van der Waals surface area contributed by atoms with Gasteiger partial charge in [-0.15, -0.1) is 0 Å². The lowest BCUT2D eigenvalue weighted by atomic mass is 10.0. The summed E-state index contributed by atoms with van der Waals surface area (Å²) in [7, 11) is 0. The molecule has 0 aliphatic heterocycles. The van der Waals surface area contributed by atoms with E-state index in [1.807, 2.05) is 31.2 Å². The number of rotatable bonds is 2. The van der Waals surface area contributed by atoms with Crippen molar-refractivity contribution in [3.63, 3.8) is 0 Å². The Bertz CT molecular complexity index is 520. The molecule has 2 rings (SSSR count). The van der Waals surface area contributed by atoms with Gasteiger partial charge >= 0.3 is 0 Å². The van der Waals surface area contributed by atoms with Crippen LogP contribution < -0.4 is 0 Å². The molecule has 2 aromatic rings. The molecule has 1 aromatic heterocycles. The number of nitrogens with zero attached hydrogens (tertiary/aromatic N) is 1. The molecule has 0 radical (unpaired) electrons. The molecule has 0 unspecified atom stereocenters. The number of carbonyl (C=O) groups is 1. The Kier molecular flexibility index (Phi) is 3.33. The molecule has 16 heavy (non-hydrogen) atoms. The molecule has 0 saturated carbocycles. The molecule has 3 heteroatoms. The molecule has 0 atom stereocenters. The number of carbonyl (C=O) groups excluding carboxylic acids is 1. The number of benzene rings is 1. The van der Waals surface area contributed by atoms with Gasteiger partial charge in [0.2, 0.25) is 0 Å². The van der Waals surface area contributed by atoms with Gasteiger partial charge in [0.1, 0.15) is 0 Å². The van der Waals surface area contributed by atoms with Crippen LogP contribution in [0.3, 0.4) is 0 Å². The number of aromatic nitrogens is 1. The summed E-state index contributed by atoms with van der Waals surface area (Å²) in [6.45, 7) is 1.88. The van der Waals surface area contributed by atoms with E-state index in [1.54, 1.807) is 18.3 Å². The van der Waals surface area contributed by atoms with Crippen LogP contribution in [0.2, 0.25) is 0 Å². The van der Waals surface area contributed by atoms with Crippen molar-refractivity contribution < 1.29 is 4.79 Å². The normalized spacial score (nSPS) is 10.1. The summed E-state index contributed by atoms with van der Waals surface area (Å²) in [4.78, 5) is 16.2. The van der Waals surface area contributed by atoms with Gasteiger partial charge < -0.3 is 0 Å². The van der Waals surface area contributed by atoms with Crippen molar-refractivity contribution >= 4 is 28.4 Å². The number of hydrogen-bond donors (Lipinski definition) is 0. The van der Waals surface area contributed by atoms with Gasteiger partial charge in [0, 0.05) is 26.6 Å². The molecule has 0 amide bonds. The monoisotopic (exact) mass is 323 g/mol. The molecule has 1 aromatic carbocycles. The van der Waals surface area contributed by atoms with E-state index in [4.69, 9.17) is 0 Å². The highest BCUT2D eigenvalue weighted by molar-refractivity contribution is 14.1. The van der Waals surface area contributed by atoms with Crippen LogP contribution >= 0.6 is 22.6 Å². The van der Waals surface area contributed by atoms with Gasteiger partial charge in [-0.05, 0) is 65.9 Å². The van der Waals surface area contributed by atoms with Crippen LogP contribution in [-0.4, -0.2) is 10.8 Å². The molecule has 80 valence electrons. The summed E-state index contributed by atoms with van der Waals surface area (Å²) in [6.07, 6.45) is 1.66. The van der Waals surface area contributed by atoms with Crippen LogP contribution in [0.5, 0.6) is 0 Å². The van der Waals surface area contributed by atoms with Crippen LogP contribution in [0.1, 0.15) is 21.6 Å². The molecule has 1 heterocycles. The lowest BCUT2D eigenvalue weighted by molar-refractivity contribution is 0.103. The van der Waals surface area contributed by atoms with E-state index in [9.17, 15) is 4.79 Å². The molecule has 0 fully saturated rings. The van der Waals surface area contributed by atoms with E-state index in [2.05, 4.69) is 27.6 Å². The summed E-state index contributed by atoms with van der Waals surface area (Å²) in [5.74, 6) is 0.0434. The van der Waals surface area contributed by atoms with E-state index in [0.717, 1.165) is 9.26 Å². The van der Waals surface area contributed by atoms with Gasteiger partial charge in [0.05, 0.1) is 0 Å². The molecular weight excluding hydrogens is 313 g/mol. The van der Waals surface area contributed by atoms with Crippen LogP contribution in [-0.2, 0) is 0 Å². The van der Waals surface area contributed by atoms with Crippen LogP contribution in [0.25, 0.3) is 0 Å². The molecular formula is C13H10INO. The zero-order chi connectivity index (χ0) is 11.5. The number of aryl methyl sites for hydroxylation is 1. The third-order valence-electron chi connectivity index (χ3n) is 2.27. The Morgan fingerprint density at radius 3 is 2.44 bits per heavy atom. The second-order valence-corrected chi connectivity index (χ2v) is 4.77. The average molecular weight is 323 g/mol. The first-order valence-corrected chi connectivity index (χ1v) is 5.97. The maximum absolute atomic E-state index is 12.1. The largest absolute Gasteiger partial charge is 0.289 e. The third kappa shape index (κ3) is 2.47. The van der Waals surface area contributed by atoms with Crippen LogP contribution in [0, 0.1) is 10.5 Å². The molecule has 0 aliphatic carbocycles. The SMILES string of the molecule is Cc1cc(C(=O)c2ccc(I)cc2)ccn1. The summed E-state index contributed by atoms with van der Waals surface area (Å²) in [6, 6.07) is 11.1. The minimum absolute atomic E-state index is 0.0434. The lowest BCUT2D eigenvalue weighted by Gasteiger charge is -2.01. The molecule has 0 spiro atoms. The second kappa shape index (κ2) is 4.74. The first-order chi connectivity index (χ1) is 7.66. The maximum atomic E-state index is 12.1. The van der Waals surface area contributed by atoms with E-state index in [-0.39, 0.29) is 5.78 Å². The highest BCUT2D eigenvalue weighted by Crippen LogP contribution is 2.12. The van der Waals surface area contributed by atoms with E-state index < -0.39 is 0 Å². The van der Waals surface area contributed by atoms with Crippen molar-refractivity contribution in [2.45, 2.75) is 6.92 Å². The minimum atomic E-state index is 0.0434. The van der Waals surface area contributed by atoms with E-state index in [0.29, 0.717) is 11.1 Å². The van der Waals surface area contributed by atoms with E-state index >= 15 is 0 Å². The molecule has 2 nitrogen and oxygen atoms in total. The molecule has 0 aliphatic rings. The fourth-order valence-electron chi connectivity index (χ4n) is 1.45. The Morgan fingerprint density at radius 1 is 1.12 bits per heavy atom. The first kappa shape index (κ1) is 11.3. The van der Waals surface area contributed by atoms with Crippen molar-refractivity contribution in [3.05, 3.63) is 63.0 Å². The van der Waals surface area contributed by atoms with Crippen molar-refractivity contribution in [2.75, 3.05) is 0 Å². The topological polar surface area (TPSA) is 30.0 Å². The smallest absolute Gasteiger partial charge is 0.193 e. The number of halogens is 1. The lowest BCUT2D eigenvalue weighted by Crippen LogP contribution is -2.01. The molecule has 0 saturated heterocycles. The second-order valence-electron chi connectivity index (χ2n) is 3.52. The standard InChI is InChI=1S/C13H10INO/c1-9-8-11(6-7-15-9)13(16)10-2-4-12(14)5-3-10/h2-8H,1H3. The fraction of sp³-hybridized carbons (Fsp3) is 0.0769. The van der Waals surface area contributed by atoms with Gasteiger partial charge in [0.15, 0.2) is 5.78 Å². The Labute approximate surface area is 108 Å². The summed E-state index contributed by atoms with van der Waals surface area (Å²) in [5, 5.41) is 0. The maximum Gasteiger partial charge on any atom is 0.193 e. The minimum Gasteiger partial charge on any atom is -0.289 e.